The summed E-state index contributed by atoms with van der Waals surface area (Å²) in [5, 5.41) is 11.1. The SMILES string of the molecule is CC(CC(=O)c1cc(Br)cc(Br)c1N)C(N)=O.CC(CC(=O)c1cc(Br)cc(Br)c1NC(=O)c1cc(Br)nn1-c1ncccc1Cl)C(N)=O.O=C(Cl)c1cc(Br)nn1-c1ncccc1Cl. The lowest BCUT2D eigenvalue weighted by molar-refractivity contribution is -0.122. The van der Waals surface area contributed by atoms with Crippen molar-refractivity contribution in [3.63, 3.8) is 0 Å². The second-order valence-electron chi connectivity index (χ2n) is 13.4. The van der Waals surface area contributed by atoms with E-state index in [0.29, 0.717) is 49.7 Å². The van der Waals surface area contributed by atoms with E-state index in [1.54, 1.807) is 68.6 Å². The first kappa shape index (κ1) is 53.7. The summed E-state index contributed by atoms with van der Waals surface area (Å²) >= 11 is 37.3. The number of nitrogens with two attached hydrogens (primary N) is 3. The summed E-state index contributed by atoms with van der Waals surface area (Å²) in [6.45, 7) is 3.18. The van der Waals surface area contributed by atoms with Crippen LogP contribution in [-0.4, -0.2) is 64.1 Å². The Morgan fingerprint density at radius 1 is 0.662 bits per heavy atom. The molecule has 6 aromatic rings. The van der Waals surface area contributed by atoms with Crippen molar-refractivity contribution in [2.45, 2.75) is 26.7 Å². The van der Waals surface area contributed by atoms with Gasteiger partial charge in [-0.2, -0.15) is 10.2 Å². The van der Waals surface area contributed by atoms with Crippen molar-refractivity contribution in [1.29, 1.82) is 0 Å². The fraction of sp³-hybridized carbons (Fsp3) is 0.150. The molecule has 0 aliphatic heterocycles. The summed E-state index contributed by atoms with van der Waals surface area (Å²) in [4.78, 5) is 79.8. The van der Waals surface area contributed by atoms with Crippen LogP contribution in [0.1, 0.15) is 68.4 Å². The van der Waals surface area contributed by atoms with Crippen LogP contribution in [0.3, 0.4) is 0 Å². The number of anilines is 2. The second kappa shape index (κ2) is 24.2. The number of benzene rings is 2. The molecule has 3 amide bonds. The maximum Gasteiger partial charge on any atom is 0.274 e. The number of primary amides is 2. The number of nitrogens with zero attached hydrogens (tertiary/aromatic N) is 6. The van der Waals surface area contributed by atoms with Gasteiger partial charge in [0.1, 0.15) is 20.6 Å². The van der Waals surface area contributed by atoms with E-state index in [-0.39, 0.29) is 52.9 Å². The maximum absolute atomic E-state index is 13.2. The zero-order valence-electron chi connectivity index (χ0n) is 33.3. The Hall–Kier alpha value is -3.87. The van der Waals surface area contributed by atoms with Gasteiger partial charge in [-0.25, -0.2) is 19.3 Å². The Balaban J connectivity index is 0.000000235. The highest BCUT2D eigenvalue weighted by Crippen LogP contribution is 2.34. The topological polar surface area (TPSA) is 254 Å². The fourth-order valence-electron chi connectivity index (χ4n) is 5.29. The highest BCUT2D eigenvalue weighted by atomic mass is 79.9. The number of amides is 3. The lowest BCUT2D eigenvalue weighted by atomic mass is 9.98. The van der Waals surface area contributed by atoms with E-state index in [1.807, 2.05) is 0 Å². The molecule has 6 rings (SSSR count). The van der Waals surface area contributed by atoms with Gasteiger partial charge < -0.3 is 22.5 Å². The predicted molar refractivity (Wildman–Crippen MR) is 269 cm³/mol. The molecule has 4 aromatic heterocycles. The smallest absolute Gasteiger partial charge is 0.274 e. The molecule has 0 bridgehead atoms. The Labute approximate surface area is 435 Å². The first-order valence-corrected chi connectivity index (χ1v) is 24.0. The third-order valence-corrected chi connectivity index (χ3v) is 12.4. The van der Waals surface area contributed by atoms with Crippen molar-refractivity contribution in [3.05, 3.63) is 133 Å². The molecular formula is C40H31Br6Cl3N10O6. The molecule has 2 unspecified atom stereocenters. The Bertz CT molecular complexity index is 2830. The Kier molecular flexibility index (Phi) is 20.0. The molecule has 0 spiro atoms. The van der Waals surface area contributed by atoms with Crippen molar-refractivity contribution in [3.8, 4) is 11.6 Å². The van der Waals surface area contributed by atoms with Gasteiger partial charge in [-0.05, 0) is 124 Å². The number of nitrogen functional groups attached to an aromatic ring is 1. The van der Waals surface area contributed by atoms with E-state index in [1.165, 1.54) is 27.7 Å². The molecule has 4 heterocycles. The highest BCUT2D eigenvalue weighted by Gasteiger charge is 2.25. The van der Waals surface area contributed by atoms with Gasteiger partial charge in [-0.3, -0.25) is 28.8 Å². The number of carbonyl (C=O) groups is 6. The van der Waals surface area contributed by atoms with E-state index < -0.39 is 34.8 Å². The number of hydrogen-bond donors (Lipinski definition) is 4. The van der Waals surface area contributed by atoms with Gasteiger partial charge in [0.05, 0.1) is 21.4 Å². The van der Waals surface area contributed by atoms with Gasteiger partial charge >= 0.3 is 0 Å². The number of carbonyl (C=O) groups excluding carboxylic acids is 6. The molecular weight excluding hydrogens is 1300 g/mol. The van der Waals surface area contributed by atoms with Crippen molar-refractivity contribution >= 4 is 176 Å². The Morgan fingerprint density at radius 3 is 1.55 bits per heavy atom. The molecule has 0 fully saturated rings. The first-order valence-electron chi connectivity index (χ1n) is 18.1. The number of nitrogens with one attached hydrogen (secondary N) is 1. The zero-order valence-corrected chi connectivity index (χ0v) is 45.0. The number of halogens is 9. The lowest BCUT2D eigenvalue weighted by Crippen LogP contribution is -2.24. The molecule has 2 atom stereocenters. The summed E-state index contributed by atoms with van der Waals surface area (Å²) in [5.74, 6) is -2.71. The monoisotopic (exact) mass is 1330 g/mol. The molecule has 2 aromatic carbocycles. The maximum atomic E-state index is 13.2. The minimum Gasteiger partial charge on any atom is -0.397 e. The molecule has 16 nitrogen and oxygen atoms in total. The van der Waals surface area contributed by atoms with E-state index in [4.69, 9.17) is 52.0 Å². The molecule has 0 saturated carbocycles. The number of pyridine rings is 2. The van der Waals surface area contributed by atoms with Gasteiger partial charge in [0.25, 0.3) is 11.1 Å². The quantitative estimate of drug-likeness (QED) is 0.0480. The number of ketones is 2. The first-order chi connectivity index (χ1) is 30.5. The average molecular weight is 1330 g/mol. The largest absolute Gasteiger partial charge is 0.397 e. The van der Waals surface area contributed by atoms with E-state index in [0.717, 1.165) is 4.47 Å². The highest BCUT2D eigenvalue weighted by molar-refractivity contribution is 9.11. The summed E-state index contributed by atoms with van der Waals surface area (Å²) < 4.78 is 5.94. The van der Waals surface area contributed by atoms with E-state index >= 15 is 0 Å². The standard InChI is InChI=1S/C20H15Br3ClN5O3.C11H12Br2N2O2.C9H4BrCl2N3O/c1-9(18(25)31)5-15(30)11-6-10(21)7-12(22)17(11)27-20(32)14-8-16(23)28-29(14)19-13(24)3-2-4-26-19;1-5(11(15)17)2-9(16)7-3-6(12)4-8(13)10(7)14;10-7-4-6(8(12)16)15(14-7)9-5(11)2-1-3-13-9/h2-4,6-9H,5H2,1H3,(H2,25,31)(H,27,32);3-5H,2,14H2,1H3,(H2,15,17);1-4H. The number of rotatable bonds is 13. The van der Waals surface area contributed by atoms with Crippen molar-refractivity contribution < 1.29 is 28.8 Å². The summed E-state index contributed by atoms with van der Waals surface area (Å²) in [6.07, 6.45) is 3.04. The molecule has 340 valence electrons. The molecule has 65 heavy (non-hydrogen) atoms. The minimum absolute atomic E-state index is 0.0580. The van der Waals surface area contributed by atoms with Crippen LogP contribution in [0.2, 0.25) is 10.0 Å². The second-order valence-corrected chi connectivity index (χ2v) is 19.7. The van der Waals surface area contributed by atoms with Crippen molar-refractivity contribution in [2.24, 2.45) is 23.3 Å². The minimum atomic E-state index is -0.660. The fourth-order valence-corrected chi connectivity index (χ4v) is 9.12. The molecule has 0 saturated heterocycles. The van der Waals surface area contributed by atoms with Crippen molar-refractivity contribution in [1.82, 2.24) is 29.5 Å². The van der Waals surface area contributed by atoms with Crippen LogP contribution in [0.4, 0.5) is 11.4 Å². The lowest BCUT2D eigenvalue weighted by Gasteiger charge is -2.15. The van der Waals surface area contributed by atoms with Crippen LogP contribution in [0.5, 0.6) is 0 Å². The summed E-state index contributed by atoms with van der Waals surface area (Å²) in [6, 6.07) is 16.3. The van der Waals surface area contributed by atoms with Gasteiger partial charge in [0.15, 0.2) is 23.2 Å². The average Bonchev–Trinajstić information content (AvgIpc) is 3.83. The third-order valence-electron chi connectivity index (χ3n) is 8.62. The van der Waals surface area contributed by atoms with Gasteiger partial charge in [-0.1, -0.05) is 68.9 Å². The summed E-state index contributed by atoms with van der Waals surface area (Å²) in [5.41, 5.74) is 17.8. The summed E-state index contributed by atoms with van der Waals surface area (Å²) in [7, 11) is 0. The molecule has 0 aliphatic carbocycles. The van der Waals surface area contributed by atoms with Gasteiger partial charge in [-0.15, -0.1) is 0 Å². The molecule has 0 radical (unpaired) electrons. The predicted octanol–water partition coefficient (Wildman–Crippen LogP) is 10.7. The Morgan fingerprint density at radius 2 is 1.09 bits per heavy atom. The van der Waals surface area contributed by atoms with Crippen LogP contribution in [0.15, 0.2) is 100 Å². The van der Waals surface area contributed by atoms with Gasteiger partial charge in [0.2, 0.25) is 11.8 Å². The third kappa shape index (κ3) is 14.6. The van der Waals surface area contributed by atoms with Crippen LogP contribution in [0.25, 0.3) is 11.6 Å². The molecule has 0 aliphatic rings. The van der Waals surface area contributed by atoms with Crippen LogP contribution in [0, 0.1) is 11.8 Å². The molecule has 7 N–H and O–H groups in total. The number of hydrogen-bond acceptors (Lipinski definition) is 11. The van der Waals surface area contributed by atoms with Crippen molar-refractivity contribution in [2.75, 3.05) is 11.1 Å². The van der Waals surface area contributed by atoms with Gasteiger partial charge in [0, 0.05) is 78.2 Å². The van der Waals surface area contributed by atoms with Crippen LogP contribution >= 0.6 is 130 Å². The zero-order chi connectivity index (χ0) is 48.4. The number of aromatic nitrogens is 6. The van der Waals surface area contributed by atoms with E-state index in [9.17, 15) is 28.8 Å². The van der Waals surface area contributed by atoms with E-state index in [2.05, 4.69) is 121 Å². The number of Topliss-reactive ketones (excluding diaryl/α,β-unsaturated/α-hetero) is 2. The van der Waals surface area contributed by atoms with Crippen LogP contribution < -0.4 is 22.5 Å². The van der Waals surface area contributed by atoms with Crippen LogP contribution in [-0.2, 0) is 9.59 Å². The normalized spacial score (nSPS) is 11.6. The molecule has 25 heteroatoms.